The number of nitrogens with one attached hydrogen (secondary N) is 4. The molecule has 4 N–H and O–H groups in total. The normalized spacial score (nSPS) is 18.6. The Bertz CT molecular complexity index is 2220. The molecule has 0 saturated heterocycles. The van der Waals surface area contributed by atoms with Crippen molar-refractivity contribution in [3.8, 4) is 5.75 Å². The number of carbonyl (C=O) groups is 4. The molecule has 4 bridgehead atoms. The minimum atomic E-state index is -0.769. The molecule has 6 aromatic rings. The highest BCUT2D eigenvalue weighted by molar-refractivity contribution is 6.02. The molecule has 1 heterocycles. The lowest BCUT2D eigenvalue weighted by atomic mass is 9.91. The fourth-order valence-corrected chi connectivity index (χ4v) is 7.14. The summed E-state index contributed by atoms with van der Waals surface area (Å²) in [7, 11) is 0. The summed E-state index contributed by atoms with van der Waals surface area (Å²) in [6, 6.07) is 45.7. The number of fused-ring (bicyclic) bond motifs is 4. The highest BCUT2D eigenvalue weighted by Crippen LogP contribution is 2.33. The van der Waals surface area contributed by atoms with E-state index in [1.807, 2.05) is 121 Å². The topological polar surface area (TPSA) is 126 Å². The number of amides is 4. The van der Waals surface area contributed by atoms with Crippen LogP contribution in [0, 0.1) is 0 Å². The monoisotopic (exact) mass is 768 g/mol. The van der Waals surface area contributed by atoms with Crippen molar-refractivity contribution in [2.75, 3.05) is 6.61 Å². The lowest BCUT2D eigenvalue weighted by Gasteiger charge is -2.31. The van der Waals surface area contributed by atoms with Gasteiger partial charge < -0.3 is 26.0 Å². The van der Waals surface area contributed by atoms with E-state index in [9.17, 15) is 19.2 Å². The molecule has 1 aliphatic rings. The zero-order valence-corrected chi connectivity index (χ0v) is 31.8. The van der Waals surface area contributed by atoms with Gasteiger partial charge in [-0.05, 0) is 71.5 Å². The highest BCUT2D eigenvalue weighted by atomic mass is 16.5. The second-order valence-corrected chi connectivity index (χ2v) is 14.1. The number of hydrogen-bond acceptors (Lipinski definition) is 5. The number of hydrogen-bond donors (Lipinski definition) is 4. The Balaban J connectivity index is 1.39. The van der Waals surface area contributed by atoms with Crippen LogP contribution in [-0.4, -0.2) is 30.2 Å². The van der Waals surface area contributed by atoms with Gasteiger partial charge in [0.2, 0.25) is 0 Å². The molecule has 9 heteroatoms. The Hall–Kier alpha value is -7.26. The molecule has 0 radical (unpaired) electrons. The van der Waals surface area contributed by atoms with E-state index >= 15 is 0 Å². The van der Waals surface area contributed by atoms with Gasteiger partial charge in [0.1, 0.15) is 5.75 Å². The van der Waals surface area contributed by atoms with Crippen molar-refractivity contribution in [3.05, 3.63) is 221 Å². The largest absolute Gasteiger partial charge is 0.494 e. The number of ether oxygens (including phenoxy) is 1. The average Bonchev–Trinajstić information content (AvgIpc) is 3.28. The fourth-order valence-electron chi connectivity index (χ4n) is 7.14. The highest BCUT2D eigenvalue weighted by Gasteiger charge is 2.32. The first kappa shape index (κ1) is 39.0. The van der Waals surface area contributed by atoms with E-state index in [1.165, 1.54) is 6.07 Å². The SMILES string of the molecule is C=CCCCOc1cc2cc(c1)C(=O)N[C@H](c1ccccc1)[C@@H](c1ccccc1)NC(=O)c1cccc(c1)C(=O)N[C@H](c1ccccc1)[C@@H](c1ccccc1)NC2=O. The van der Waals surface area contributed by atoms with Crippen molar-refractivity contribution in [2.45, 2.75) is 37.0 Å². The van der Waals surface area contributed by atoms with E-state index in [2.05, 4.69) is 27.8 Å². The van der Waals surface area contributed by atoms with Crippen LogP contribution in [0.4, 0.5) is 0 Å². The van der Waals surface area contributed by atoms with Gasteiger partial charge in [-0.15, -0.1) is 6.58 Å². The van der Waals surface area contributed by atoms with E-state index in [1.54, 1.807) is 42.5 Å². The summed E-state index contributed by atoms with van der Waals surface area (Å²) in [6.07, 6.45) is 3.22. The predicted molar refractivity (Wildman–Crippen MR) is 224 cm³/mol. The molecule has 0 fully saturated rings. The molecule has 58 heavy (non-hydrogen) atoms. The zero-order valence-electron chi connectivity index (χ0n) is 31.8. The molecular weight excluding hydrogens is 725 g/mol. The van der Waals surface area contributed by atoms with Crippen LogP contribution in [0.2, 0.25) is 0 Å². The van der Waals surface area contributed by atoms with Gasteiger partial charge in [-0.1, -0.05) is 133 Å². The van der Waals surface area contributed by atoms with Gasteiger partial charge in [-0.2, -0.15) is 0 Å². The Labute approximate surface area is 338 Å². The molecule has 7 rings (SSSR count). The molecule has 0 saturated carbocycles. The van der Waals surface area contributed by atoms with Crippen LogP contribution in [-0.2, 0) is 0 Å². The lowest BCUT2D eigenvalue weighted by molar-refractivity contribution is 0.0873. The molecule has 9 nitrogen and oxygen atoms in total. The quantitative estimate of drug-likeness (QED) is 0.0866. The smallest absolute Gasteiger partial charge is 0.252 e. The summed E-state index contributed by atoms with van der Waals surface area (Å²) in [5.41, 5.74) is 3.83. The van der Waals surface area contributed by atoms with Crippen molar-refractivity contribution < 1.29 is 23.9 Å². The van der Waals surface area contributed by atoms with Crippen molar-refractivity contribution in [3.63, 3.8) is 0 Å². The maximum absolute atomic E-state index is 14.6. The second kappa shape index (κ2) is 18.6. The lowest BCUT2D eigenvalue weighted by Crippen LogP contribution is -2.42. The number of rotatable bonds is 9. The summed E-state index contributed by atoms with van der Waals surface area (Å²) in [6.45, 7) is 4.13. The first-order valence-corrected chi connectivity index (χ1v) is 19.3. The molecule has 0 spiro atoms. The summed E-state index contributed by atoms with van der Waals surface area (Å²) in [5, 5.41) is 12.7. The van der Waals surface area contributed by atoms with Gasteiger partial charge in [0.25, 0.3) is 23.6 Å². The van der Waals surface area contributed by atoms with Crippen LogP contribution in [0.3, 0.4) is 0 Å². The molecule has 0 aromatic heterocycles. The van der Waals surface area contributed by atoms with Crippen molar-refractivity contribution in [1.29, 1.82) is 0 Å². The van der Waals surface area contributed by atoms with E-state index in [-0.39, 0.29) is 22.3 Å². The number of allylic oxidation sites excluding steroid dienone is 1. The first-order valence-electron chi connectivity index (χ1n) is 19.3. The Kier molecular flexibility index (Phi) is 12.5. The Morgan fingerprint density at radius 1 is 0.431 bits per heavy atom. The van der Waals surface area contributed by atoms with Crippen LogP contribution in [0.15, 0.2) is 176 Å². The van der Waals surface area contributed by atoms with Gasteiger partial charge in [0.05, 0.1) is 30.8 Å². The van der Waals surface area contributed by atoms with Crippen molar-refractivity contribution >= 4 is 23.6 Å². The number of carbonyl (C=O) groups excluding carboxylic acids is 4. The summed E-state index contributed by atoms with van der Waals surface area (Å²) in [4.78, 5) is 57.7. The molecule has 0 aliphatic carbocycles. The minimum Gasteiger partial charge on any atom is -0.494 e. The van der Waals surface area contributed by atoms with Crippen LogP contribution in [0.25, 0.3) is 0 Å². The minimum absolute atomic E-state index is 0.184. The molecule has 0 unspecified atom stereocenters. The van der Waals surface area contributed by atoms with Crippen LogP contribution in [0.5, 0.6) is 5.75 Å². The van der Waals surface area contributed by atoms with E-state index in [0.717, 1.165) is 28.7 Å². The van der Waals surface area contributed by atoms with Crippen LogP contribution < -0.4 is 26.0 Å². The van der Waals surface area contributed by atoms with Gasteiger partial charge in [0, 0.05) is 22.3 Å². The van der Waals surface area contributed by atoms with E-state index in [0.29, 0.717) is 18.8 Å². The van der Waals surface area contributed by atoms with Gasteiger partial charge in [-0.25, -0.2) is 0 Å². The Morgan fingerprint density at radius 2 is 0.759 bits per heavy atom. The Morgan fingerprint density at radius 3 is 1.10 bits per heavy atom. The van der Waals surface area contributed by atoms with Crippen LogP contribution >= 0.6 is 0 Å². The van der Waals surface area contributed by atoms with Crippen molar-refractivity contribution in [2.24, 2.45) is 0 Å². The standard InChI is InChI=1S/C49H44N4O5/c1-2-3-16-28-58-41-31-39-30-40(32-41)49(57)53-45(36-24-14-7-15-25-36)43(34-20-10-5-11-21-34)51-47(55)38-27-17-26-37(29-38)46(54)50-42(33-18-8-4-9-19-33)44(52-48(39)56)35-22-12-6-13-23-35/h2,4-15,17-27,29-32,42-45H,1,3,16,28H2,(H,50,54)(H,51,55)(H,52,56)(H,53,57)/t42-,43-,44-,45-/m1/s1. The van der Waals surface area contributed by atoms with Gasteiger partial charge in [0.15, 0.2) is 0 Å². The second-order valence-electron chi connectivity index (χ2n) is 14.1. The van der Waals surface area contributed by atoms with E-state index in [4.69, 9.17) is 4.74 Å². The molecule has 1 aliphatic heterocycles. The van der Waals surface area contributed by atoms with Gasteiger partial charge >= 0.3 is 0 Å². The summed E-state index contributed by atoms with van der Waals surface area (Å²) in [5.74, 6) is -1.50. The summed E-state index contributed by atoms with van der Waals surface area (Å²) >= 11 is 0. The summed E-state index contributed by atoms with van der Waals surface area (Å²) < 4.78 is 6.13. The maximum atomic E-state index is 14.6. The number of unbranched alkanes of at least 4 members (excludes halogenated alkanes) is 1. The predicted octanol–water partition coefficient (Wildman–Crippen LogP) is 8.63. The third kappa shape index (κ3) is 9.39. The molecule has 290 valence electrons. The van der Waals surface area contributed by atoms with Crippen LogP contribution in [0.1, 0.15) is 101 Å². The van der Waals surface area contributed by atoms with Gasteiger partial charge in [-0.3, -0.25) is 19.2 Å². The molecule has 4 atom stereocenters. The third-order valence-electron chi connectivity index (χ3n) is 10.1. The van der Waals surface area contributed by atoms with E-state index < -0.39 is 47.8 Å². The fraction of sp³-hybridized carbons (Fsp3) is 0.143. The zero-order chi connectivity index (χ0) is 40.3. The van der Waals surface area contributed by atoms with Crippen molar-refractivity contribution in [1.82, 2.24) is 21.3 Å². The number of benzene rings is 6. The first-order chi connectivity index (χ1) is 28.4. The molecule has 4 amide bonds. The third-order valence-corrected chi connectivity index (χ3v) is 10.1. The maximum Gasteiger partial charge on any atom is 0.252 e. The average molecular weight is 769 g/mol. The molecule has 6 aromatic carbocycles. The molecular formula is C49H44N4O5.